The van der Waals surface area contributed by atoms with Crippen LogP contribution in [0.5, 0.6) is 0 Å². The Hall–Kier alpha value is -2.74. The second-order valence-corrected chi connectivity index (χ2v) is 5.20. The maximum atomic E-state index is 4.24. The Bertz CT molecular complexity index is 1090. The van der Waals surface area contributed by atoms with E-state index in [1.165, 1.54) is 37.9 Å². The molecule has 1 aromatic heterocycles. The molecule has 2 aliphatic carbocycles. The zero-order valence-corrected chi connectivity index (χ0v) is 10.7. The second-order valence-electron chi connectivity index (χ2n) is 5.20. The van der Waals surface area contributed by atoms with Gasteiger partial charge in [-0.05, 0) is 50.9 Å². The van der Waals surface area contributed by atoms with Gasteiger partial charge in [-0.25, -0.2) is 0 Å². The number of benzene rings is 2. The third-order valence-electron chi connectivity index (χ3n) is 4.14. The lowest BCUT2D eigenvalue weighted by Gasteiger charge is -2.04. The first-order chi connectivity index (χ1) is 9.92. The molecule has 2 aliphatic rings. The van der Waals surface area contributed by atoms with Gasteiger partial charge in [0.1, 0.15) is 0 Å². The highest BCUT2D eigenvalue weighted by Crippen LogP contribution is 2.30. The number of rotatable bonds is 0. The van der Waals surface area contributed by atoms with E-state index < -0.39 is 0 Å². The van der Waals surface area contributed by atoms with Crippen LogP contribution in [-0.4, -0.2) is 10.2 Å². The van der Waals surface area contributed by atoms with Crippen molar-refractivity contribution < 1.29 is 0 Å². The topological polar surface area (TPSA) is 25.8 Å². The molecule has 0 radical (unpaired) electrons. The molecular weight excluding hydrogens is 244 g/mol. The molecule has 0 atom stereocenters. The summed E-state index contributed by atoms with van der Waals surface area (Å²) in [6, 6.07) is 15.0. The minimum absolute atomic E-state index is 0.972. The van der Waals surface area contributed by atoms with Crippen molar-refractivity contribution in [3.8, 4) is 11.1 Å². The van der Waals surface area contributed by atoms with Crippen molar-refractivity contribution in [1.82, 2.24) is 10.2 Å². The Morgan fingerprint density at radius 3 is 2.75 bits per heavy atom. The lowest BCUT2D eigenvalue weighted by atomic mass is 9.99. The van der Waals surface area contributed by atoms with Gasteiger partial charge in [0.05, 0.1) is 11.5 Å². The average molecular weight is 254 g/mol. The first-order valence-corrected chi connectivity index (χ1v) is 6.70. The molecule has 0 saturated heterocycles. The van der Waals surface area contributed by atoms with Crippen LogP contribution in [0.15, 0.2) is 48.7 Å². The van der Waals surface area contributed by atoms with E-state index in [0.717, 1.165) is 5.35 Å². The zero-order chi connectivity index (χ0) is 13.1. The van der Waals surface area contributed by atoms with E-state index in [2.05, 4.69) is 58.7 Å². The van der Waals surface area contributed by atoms with Crippen LogP contribution in [0.4, 0.5) is 0 Å². The highest BCUT2D eigenvalue weighted by molar-refractivity contribution is 5.88. The number of nitrogens with zero attached hydrogens (tertiary/aromatic N) is 2. The smallest absolute Gasteiger partial charge is 0.0942 e. The largest absolute Gasteiger partial charge is 0.159 e. The van der Waals surface area contributed by atoms with Gasteiger partial charge in [-0.3, -0.25) is 0 Å². The number of hydrogen-bond donors (Lipinski definition) is 0. The fraction of sp³-hybridized carbons (Fsp3) is 0. The van der Waals surface area contributed by atoms with E-state index in [1.807, 2.05) is 6.07 Å². The lowest BCUT2D eigenvalue weighted by molar-refractivity contribution is 0.985. The summed E-state index contributed by atoms with van der Waals surface area (Å²) in [6.45, 7) is 0. The van der Waals surface area contributed by atoms with Gasteiger partial charge in [0.15, 0.2) is 0 Å². The van der Waals surface area contributed by atoms with Crippen molar-refractivity contribution in [2.75, 3.05) is 0 Å². The summed E-state index contributed by atoms with van der Waals surface area (Å²) in [5.74, 6) is 0. The monoisotopic (exact) mass is 254 g/mol. The van der Waals surface area contributed by atoms with Crippen LogP contribution in [-0.2, 0) is 0 Å². The summed E-state index contributed by atoms with van der Waals surface area (Å²) in [5.41, 5.74) is 5.22. The summed E-state index contributed by atoms with van der Waals surface area (Å²) in [5, 5.41) is 12.9. The van der Waals surface area contributed by atoms with E-state index in [9.17, 15) is 0 Å². The van der Waals surface area contributed by atoms with E-state index >= 15 is 0 Å². The van der Waals surface area contributed by atoms with Crippen LogP contribution in [0.3, 0.4) is 0 Å². The molecule has 0 aliphatic heterocycles. The van der Waals surface area contributed by atoms with Crippen molar-refractivity contribution in [3.63, 3.8) is 0 Å². The zero-order valence-electron chi connectivity index (χ0n) is 10.7. The van der Waals surface area contributed by atoms with Crippen LogP contribution in [0, 0.1) is 10.4 Å². The second kappa shape index (κ2) is 3.42. The van der Waals surface area contributed by atoms with E-state index in [-0.39, 0.29) is 0 Å². The number of aromatic nitrogens is 2. The predicted octanol–water partition coefficient (Wildman–Crippen LogP) is 1.71. The molecule has 2 aromatic carbocycles. The van der Waals surface area contributed by atoms with E-state index in [1.54, 1.807) is 6.20 Å². The molecule has 0 unspecified atom stereocenters. The molecule has 2 heteroatoms. The molecule has 2 nitrogen and oxygen atoms in total. The first-order valence-electron chi connectivity index (χ1n) is 6.70. The Kier molecular flexibility index (Phi) is 1.73. The molecule has 0 N–H and O–H groups in total. The van der Waals surface area contributed by atoms with Gasteiger partial charge >= 0.3 is 0 Å². The highest BCUT2D eigenvalue weighted by Gasteiger charge is 2.17. The van der Waals surface area contributed by atoms with Gasteiger partial charge in [-0.15, -0.1) is 0 Å². The summed E-state index contributed by atoms with van der Waals surface area (Å²) >= 11 is 0. The molecular formula is C18H10N2. The highest BCUT2D eigenvalue weighted by atomic mass is 15.1. The minimum atomic E-state index is 0.972. The van der Waals surface area contributed by atoms with Crippen LogP contribution in [0.2, 0.25) is 0 Å². The van der Waals surface area contributed by atoms with Crippen LogP contribution in [0.1, 0.15) is 11.1 Å². The summed E-state index contributed by atoms with van der Waals surface area (Å²) < 4.78 is 0. The van der Waals surface area contributed by atoms with Crippen molar-refractivity contribution in [2.45, 2.75) is 0 Å². The Morgan fingerprint density at radius 2 is 1.75 bits per heavy atom. The molecule has 92 valence electrons. The lowest BCUT2D eigenvalue weighted by Crippen LogP contribution is -2.07. The molecule has 5 rings (SSSR count). The normalized spacial score (nSPS) is 12.8. The van der Waals surface area contributed by atoms with E-state index in [4.69, 9.17) is 0 Å². The third-order valence-corrected chi connectivity index (χ3v) is 4.14. The van der Waals surface area contributed by atoms with Gasteiger partial charge in [-0.2, -0.15) is 10.2 Å². The first kappa shape index (κ1) is 10.1. The minimum Gasteiger partial charge on any atom is -0.159 e. The standard InChI is InChI=1S/C18H10N2/c1-2-4-13-11(3-1)9-12-5-6-14-15-7-8-19-20-17(15)10-16(14)18(12)13/h1-10H. The number of hydrogen-bond acceptors (Lipinski definition) is 2. The van der Waals surface area contributed by atoms with E-state index in [0.29, 0.717) is 0 Å². The Morgan fingerprint density at radius 1 is 0.800 bits per heavy atom. The van der Waals surface area contributed by atoms with Gasteiger partial charge in [0, 0.05) is 5.22 Å². The molecule has 0 fully saturated rings. The molecule has 0 saturated carbocycles. The van der Waals surface area contributed by atoms with Crippen LogP contribution >= 0.6 is 0 Å². The van der Waals surface area contributed by atoms with Crippen molar-refractivity contribution in [1.29, 1.82) is 0 Å². The fourth-order valence-corrected chi connectivity index (χ4v) is 3.27. The molecule has 20 heavy (non-hydrogen) atoms. The molecule has 1 heterocycles. The summed E-state index contributed by atoms with van der Waals surface area (Å²) in [4.78, 5) is 0. The predicted molar refractivity (Wildman–Crippen MR) is 78.0 cm³/mol. The van der Waals surface area contributed by atoms with Crippen molar-refractivity contribution in [2.24, 2.45) is 0 Å². The molecule has 0 spiro atoms. The number of fused-ring (bicyclic) bond motifs is 6. The molecule has 0 amide bonds. The van der Waals surface area contributed by atoms with Gasteiger partial charge in [0.25, 0.3) is 0 Å². The molecule has 0 bridgehead atoms. The van der Waals surface area contributed by atoms with Crippen LogP contribution in [0.25, 0.3) is 23.3 Å². The van der Waals surface area contributed by atoms with Gasteiger partial charge < -0.3 is 0 Å². The van der Waals surface area contributed by atoms with Gasteiger partial charge in [0.2, 0.25) is 0 Å². The van der Waals surface area contributed by atoms with Crippen molar-refractivity contribution in [3.05, 3.63) is 80.8 Å². The van der Waals surface area contributed by atoms with Crippen LogP contribution < -0.4 is 10.6 Å². The Labute approximate surface area is 115 Å². The summed E-state index contributed by atoms with van der Waals surface area (Å²) in [7, 11) is 0. The van der Waals surface area contributed by atoms with Crippen molar-refractivity contribution >= 4 is 12.2 Å². The quantitative estimate of drug-likeness (QED) is 0.420. The fourth-order valence-electron chi connectivity index (χ4n) is 3.27. The average Bonchev–Trinajstić information content (AvgIpc) is 3.04. The third kappa shape index (κ3) is 1.14. The molecule has 3 aromatic rings. The van der Waals surface area contributed by atoms with Gasteiger partial charge in [-0.1, -0.05) is 36.4 Å². The maximum Gasteiger partial charge on any atom is 0.0942 e. The Balaban J connectivity index is 2.03. The maximum absolute atomic E-state index is 4.24. The summed E-state index contributed by atoms with van der Waals surface area (Å²) in [6.07, 6.45) is 6.18. The SMILES string of the molecule is C1=c2ccc3c(c2-c2ccccc21)C=c1nnccc1=3.